The van der Waals surface area contributed by atoms with Crippen molar-refractivity contribution < 1.29 is 14.7 Å². The lowest BCUT2D eigenvalue weighted by atomic mass is 9.98. The van der Waals surface area contributed by atoms with Crippen molar-refractivity contribution in [3.63, 3.8) is 0 Å². The Hall–Kier alpha value is -1.07. The minimum Gasteiger partial charge on any atom is -0.480 e. The normalized spacial score (nSPS) is 22.6. The van der Waals surface area contributed by atoms with Crippen LogP contribution in [0.25, 0.3) is 0 Å². The number of hydrogen-bond donors (Lipinski definition) is 1. The molecule has 6 heteroatoms. The molecule has 2 rings (SSSR count). The summed E-state index contributed by atoms with van der Waals surface area (Å²) >= 11 is 9.32. The third-order valence-corrected chi connectivity index (χ3v) is 4.31. The van der Waals surface area contributed by atoms with Crippen molar-refractivity contribution in [2.75, 3.05) is 6.54 Å². The number of rotatable bonds is 2. The summed E-state index contributed by atoms with van der Waals surface area (Å²) in [6.45, 7) is 2.01. The van der Waals surface area contributed by atoms with E-state index in [4.69, 9.17) is 11.6 Å². The van der Waals surface area contributed by atoms with Crippen LogP contribution in [0.5, 0.6) is 0 Å². The van der Waals surface area contributed by atoms with Gasteiger partial charge in [-0.05, 0) is 38.0 Å². The lowest BCUT2D eigenvalue weighted by molar-refractivity contribution is -0.147. The molecule has 1 atom stereocenters. The number of amides is 1. The van der Waals surface area contributed by atoms with Gasteiger partial charge in [0.25, 0.3) is 5.91 Å². The molecule has 1 unspecified atom stereocenters. The van der Waals surface area contributed by atoms with Gasteiger partial charge < -0.3 is 10.0 Å². The highest BCUT2D eigenvalue weighted by Gasteiger charge is 2.46. The lowest BCUT2D eigenvalue weighted by Gasteiger charge is -2.31. The van der Waals surface area contributed by atoms with E-state index in [2.05, 4.69) is 15.9 Å². The topological polar surface area (TPSA) is 57.6 Å². The molecule has 1 saturated heterocycles. The maximum Gasteiger partial charge on any atom is 0.329 e. The Kier molecular flexibility index (Phi) is 3.87. The van der Waals surface area contributed by atoms with Crippen LogP contribution in [0.1, 0.15) is 30.1 Å². The quantitative estimate of drug-likeness (QED) is 0.895. The maximum absolute atomic E-state index is 12.5. The van der Waals surface area contributed by atoms with Crippen LogP contribution in [0.2, 0.25) is 5.02 Å². The van der Waals surface area contributed by atoms with Crippen molar-refractivity contribution in [1.29, 1.82) is 0 Å². The molecule has 0 bridgehead atoms. The number of carboxylic acids is 1. The molecule has 1 aliphatic rings. The molecule has 0 aromatic heterocycles. The smallest absolute Gasteiger partial charge is 0.329 e. The summed E-state index contributed by atoms with van der Waals surface area (Å²) in [6, 6.07) is 4.95. The second-order valence-corrected chi connectivity index (χ2v) is 6.09. The molecule has 1 aromatic rings. The van der Waals surface area contributed by atoms with Crippen molar-refractivity contribution in [2.45, 2.75) is 25.3 Å². The van der Waals surface area contributed by atoms with E-state index in [0.717, 1.165) is 4.47 Å². The lowest BCUT2D eigenvalue weighted by Crippen LogP contribution is -2.50. The number of carboxylic acid groups (broad SMARTS) is 1. The van der Waals surface area contributed by atoms with E-state index in [9.17, 15) is 14.7 Å². The minimum atomic E-state index is -1.15. The first kappa shape index (κ1) is 14.3. The van der Waals surface area contributed by atoms with Crippen molar-refractivity contribution in [3.05, 3.63) is 33.3 Å². The van der Waals surface area contributed by atoms with Gasteiger partial charge in [-0.3, -0.25) is 4.79 Å². The third-order valence-electron chi connectivity index (χ3n) is 3.51. The molecule has 1 aliphatic heterocycles. The first-order chi connectivity index (χ1) is 8.86. The fourth-order valence-electron chi connectivity index (χ4n) is 2.32. The first-order valence-corrected chi connectivity index (χ1v) is 7.04. The molecular weight excluding hydrogens is 334 g/mol. The van der Waals surface area contributed by atoms with Crippen LogP contribution < -0.4 is 0 Å². The molecule has 1 N–H and O–H groups in total. The molecular formula is C13H13BrClNO3. The summed E-state index contributed by atoms with van der Waals surface area (Å²) in [6.07, 6.45) is 1.14. The van der Waals surface area contributed by atoms with Gasteiger partial charge >= 0.3 is 5.97 Å². The second-order valence-electron chi connectivity index (χ2n) is 4.76. The van der Waals surface area contributed by atoms with Crippen LogP contribution in [-0.4, -0.2) is 34.0 Å². The molecule has 102 valence electrons. The Morgan fingerprint density at radius 3 is 2.74 bits per heavy atom. The number of halogens is 2. The molecule has 1 heterocycles. The fourth-order valence-corrected chi connectivity index (χ4v) is 3.07. The summed E-state index contributed by atoms with van der Waals surface area (Å²) < 4.78 is 0.775. The van der Waals surface area contributed by atoms with E-state index < -0.39 is 11.5 Å². The number of benzene rings is 1. The molecule has 0 saturated carbocycles. The standard InChI is InChI=1S/C13H13BrClNO3/c1-13(12(18)19)5-2-6-16(13)11(17)9-4-3-8(14)7-10(9)15/h3-4,7H,2,5-6H2,1H3,(H,18,19). The Balaban J connectivity index is 2.36. The monoisotopic (exact) mass is 345 g/mol. The van der Waals surface area contributed by atoms with Crippen LogP contribution in [0.15, 0.2) is 22.7 Å². The molecule has 1 amide bonds. The fraction of sp³-hybridized carbons (Fsp3) is 0.385. The highest BCUT2D eigenvalue weighted by Crippen LogP contribution is 2.32. The molecule has 4 nitrogen and oxygen atoms in total. The zero-order valence-electron chi connectivity index (χ0n) is 10.3. The number of hydrogen-bond acceptors (Lipinski definition) is 2. The summed E-state index contributed by atoms with van der Waals surface area (Å²) in [5.74, 6) is -1.31. The van der Waals surface area contributed by atoms with Crippen molar-refractivity contribution in [3.8, 4) is 0 Å². The Morgan fingerprint density at radius 1 is 1.47 bits per heavy atom. The molecule has 1 aromatic carbocycles. The van der Waals surface area contributed by atoms with E-state index in [1.807, 2.05) is 0 Å². The minimum absolute atomic E-state index is 0.319. The summed E-state index contributed by atoms with van der Waals surface area (Å²) in [4.78, 5) is 25.2. The number of carbonyl (C=O) groups excluding carboxylic acids is 1. The predicted molar refractivity (Wildman–Crippen MR) is 75.5 cm³/mol. The predicted octanol–water partition coefficient (Wildman–Crippen LogP) is 3.18. The number of carbonyl (C=O) groups is 2. The maximum atomic E-state index is 12.5. The van der Waals surface area contributed by atoms with Crippen LogP contribution in [0.4, 0.5) is 0 Å². The van der Waals surface area contributed by atoms with Crippen molar-refractivity contribution in [2.24, 2.45) is 0 Å². The number of aliphatic carboxylic acids is 1. The van der Waals surface area contributed by atoms with Gasteiger partial charge in [0.1, 0.15) is 5.54 Å². The van der Waals surface area contributed by atoms with Crippen molar-refractivity contribution in [1.82, 2.24) is 4.90 Å². The average molecular weight is 347 g/mol. The zero-order valence-corrected chi connectivity index (χ0v) is 12.7. The van der Waals surface area contributed by atoms with Crippen molar-refractivity contribution >= 4 is 39.4 Å². The van der Waals surface area contributed by atoms with E-state index >= 15 is 0 Å². The molecule has 0 aliphatic carbocycles. The Labute approximate surface area is 124 Å². The van der Waals surface area contributed by atoms with E-state index in [0.29, 0.717) is 30.0 Å². The number of likely N-dealkylation sites (tertiary alicyclic amines) is 1. The number of nitrogens with zero attached hydrogens (tertiary/aromatic N) is 1. The second kappa shape index (κ2) is 5.13. The first-order valence-electron chi connectivity index (χ1n) is 5.86. The molecule has 19 heavy (non-hydrogen) atoms. The largest absolute Gasteiger partial charge is 0.480 e. The summed E-state index contributed by atoms with van der Waals surface area (Å²) in [5.41, 5.74) is -0.813. The molecule has 0 spiro atoms. The van der Waals surface area contributed by atoms with Gasteiger partial charge in [0.2, 0.25) is 0 Å². The van der Waals surface area contributed by atoms with Gasteiger partial charge in [-0.1, -0.05) is 27.5 Å². The van der Waals surface area contributed by atoms with Gasteiger partial charge in [0, 0.05) is 11.0 Å². The SMILES string of the molecule is CC1(C(=O)O)CCCN1C(=O)c1ccc(Br)cc1Cl. The Morgan fingerprint density at radius 2 is 2.16 bits per heavy atom. The van der Waals surface area contributed by atoms with Gasteiger partial charge in [0.15, 0.2) is 0 Å². The van der Waals surface area contributed by atoms with E-state index in [1.54, 1.807) is 25.1 Å². The average Bonchev–Trinajstić information content (AvgIpc) is 2.72. The summed E-state index contributed by atoms with van der Waals surface area (Å²) in [7, 11) is 0. The highest BCUT2D eigenvalue weighted by atomic mass is 79.9. The molecule has 0 radical (unpaired) electrons. The van der Waals surface area contributed by atoms with Crippen LogP contribution in [-0.2, 0) is 4.79 Å². The highest BCUT2D eigenvalue weighted by molar-refractivity contribution is 9.10. The van der Waals surface area contributed by atoms with Gasteiger partial charge in [-0.25, -0.2) is 4.79 Å². The van der Waals surface area contributed by atoms with Gasteiger partial charge in [-0.15, -0.1) is 0 Å². The van der Waals surface area contributed by atoms with Gasteiger partial charge in [-0.2, -0.15) is 0 Å². The van der Waals surface area contributed by atoms with Crippen LogP contribution in [0, 0.1) is 0 Å². The molecule has 1 fully saturated rings. The zero-order chi connectivity index (χ0) is 14.2. The van der Waals surface area contributed by atoms with Gasteiger partial charge in [0.05, 0.1) is 10.6 Å². The van der Waals surface area contributed by atoms with E-state index in [-0.39, 0.29) is 5.91 Å². The van der Waals surface area contributed by atoms with E-state index in [1.165, 1.54) is 4.90 Å². The van der Waals surface area contributed by atoms with Crippen LogP contribution in [0.3, 0.4) is 0 Å². The Bertz CT molecular complexity index is 549. The third kappa shape index (κ3) is 2.49. The summed E-state index contributed by atoms with van der Waals surface area (Å²) in [5, 5.41) is 9.64. The van der Waals surface area contributed by atoms with Crippen LogP contribution >= 0.6 is 27.5 Å².